The van der Waals surface area contributed by atoms with Gasteiger partial charge in [0.2, 0.25) is 0 Å². The van der Waals surface area contributed by atoms with Crippen molar-refractivity contribution in [2.24, 2.45) is 0 Å². The summed E-state index contributed by atoms with van der Waals surface area (Å²) < 4.78 is 13.3. The van der Waals surface area contributed by atoms with E-state index in [1.165, 1.54) is 0 Å². The van der Waals surface area contributed by atoms with E-state index in [0.717, 1.165) is 16.4 Å². The fourth-order valence-corrected chi connectivity index (χ4v) is 3.74. The van der Waals surface area contributed by atoms with Crippen molar-refractivity contribution in [2.75, 3.05) is 6.61 Å². The van der Waals surface area contributed by atoms with Crippen LogP contribution < -0.4 is 0 Å². The number of fused-ring (bicyclic) bond motifs is 2. The number of hydrogen-bond donors (Lipinski definition) is 3. The topological polar surface area (TPSA) is 114 Å². The van der Waals surface area contributed by atoms with Crippen molar-refractivity contribution in [3.63, 3.8) is 0 Å². The third-order valence-electron chi connectivity index (χ3n) is 5.13. The predicted molar refractivity (Wildman–Crippen MR) is 100 cm³/mol. The van der Waals surface area contributed by atoms with Crippen molar-refractivity contribution in [1.29, 1.82) is 0 Å². The molecule has 4 aromatic rings. The van der Waals surface area contributed by atoms with E-state index in [1.54, 1.807) is 17.7 Å². The number of aliphatic hydroxyl groups excluding tert-OH is 3. The highest BCUT2D eigenvalue weighted by molar-refractivity contribution is 5.93. The average Bonchev–Trinajstić information content (AvgIpc) is 3.38. The van der Waals surface area contributed by atoms with Gasteiger partial charge in [0.1, 0.15) is 41.1 Å². The molecule has 144 valence electrons. The van der Waals surface area contributed by atoms with Gasteiger partial charge >= 0.3 is 0 Å². The molecule has 0 saturated carbocycles. The number of aryl methyl sites for hydroxylation is 1. The fraction of sp³-hybridized carbons (Fsp3) is 0.300. The minimum absolute atomic E-state index is 0.383. The first-order valence-electron chi connectivity index (χ1n) is 9.03. The van der Waals surface area contributed by atoms with E-state index in [4.69, 9.17) is 9.15 Å². The SMILES string of the molecule is Cc1nc(-c2cc3ccccc3o2)c2ccn([C@@H]3O[C@H](CO)C(O)C3O)c2n1. The summed E-state index contributed by atoms with van der Waals surface area (Å²) in [6, 6.07) is 11.5. The normalized spacial score (nSPS) is 25.1. The third kappa shape index (κ3) is 2.54. The van der Waals surface area contributed by atoms with Gasteiger partial charge in [-0.25, -0.2) is 9.97 Å². The Balaban J connectivity index is 1.65. The second kappa shape index (κ2) is 6.39. The van der Waals surface area contributed by atoms with Crippen molar-refractivity contribution in [2.45, 2.75) is 31.5 Å². The Kier molecular flexibility index (Phi) is 3.95. The lowest BCUT2D eigenvalue weighted by Crippen LogP contribution is -2.33. The minimum atomic E-state index is -1.18. The molecule has 0 bridgehead atoms. The van der Waals surface area contributed by atoms with Crippen molar-refractivity contribution < 1.29 is 24.5 Å². The molecule has 1 aliphatic rings. The number of para-hydroxylation sites is 1. The van der Waals surface area contributed by atoms with Gasteiger partial charge in [-0.1, -0.05) is 18.2 Å². The number of ether oxygens (including phenoxy) is 1. The molecule has 3 N–H and O–H groups in total. The molecule has 1 saturated heterocycles. The van der Waals surface area contributed by atoms with Crippen LogP contribution in [-0.2, 0) is 4.74 Å². The summed E-state index contributed by atoms with van der Waals surface area (Å²) in [6.45, 7) is 1.40. The van der Waals surface area contributed by atoms with Crippen molar-refractivity contribution >= 4 is 22.0 Å². The van der Waals surface area contributed by atoms with Gasteiger partial charge in [-0.05, 0) is 25.1 Å². The van der Waals surface area contributed by atoms with E-state index in [1.807, 2.05) is 36.4 Å². The Labute approximate surface area is 159 Å². The van der Waals surface area contributed by atoms with Gasteiger partial charge in [0, 0.05) is 17.0 Å². The molecule has 8 nitrogen and oxygen atoms in total. The summed E-state index contributed by atoms with van der Waals surface area (Å²) in [7, 11) is 0. The van der Waals surface area contributed by atoms with Gasteiger partial charge in [0.25, 0.3) is 0 Å². The Hall–Kier alpha value is -2.78. The Morgan fingerprint density at radius 3 is 2.68 bits per heavy atom. The first kappa shape index (κ1) is 17.3. The van der Waals surface area contributed by atoms with Crippen LogP contribution in [0.3, 0.4) is 0 Å². The highest BCUT2D eigenvalue weighted by Crippen LogP contribution is 2.35. The van der Waals surface area contributed by atoms with Crippen LogP contribution in [-0.4, -0.2) is 54.8 Å². The van der Waals surface area contributed by atoms with Crippen LogP contribution in [0.2, 0.25) is 0 Å². The molecule has 1 aromatic carbocycles. The number of benzene rings is 1. The summed E-state index contributed by atoms with van der Waals surface area (Å²) in [5, 5.41) is 31.5. The van der Waals surface area contributed by atoms with Crippen LogP contribution in [0.15, 0.2) is 47.0 Å². The summed E-state index contributed by atoms with van der Waals surface area (Å²) in [5.74, 6) is 1.16. The van der Waals surface area contributed by atoms with Gasteiger partial charge in [0.15, 0.2) is 12.0 Å². The zero-order chi connectivity index (χ0) is 19.4. The summed E-state index contributed by atoms with van der Waals surface area (Å²) in [5.41, 5.74) is 1.96. The van der Waals surface area contributed by atoms with Gasteiger partial charge in [-0.15, -0.1) is 0 Å². The van der Waals surface area contributed by atoms with Crippen LogP contribution in [0, 0.1) is 6.92 Å². The molecule has 3 aromatic heterocycles. The standard InChI is InChI=1S/C20H19N3O5/c1-10-21-16(14-8-11-4-2-3-5-13(11)27-14)12-6-7-23(19(12)22-10)20-18(26)17(25)15(9-24)28-20/h2-8,15,17-18,20,24-26H,9H2,1H3/t15-,17?,18?,20-/m1/s1. The number of aromatic nitrogens is 3. The Morgan fingerprint density at radius 1 is 1.11 bits per heavy atom. The van der Waals surface area contributed by atoms with Gasteiger partial charge in [0.05, 0.1) is 6.61 Å². The maximum absolute atomic E-state index is 10.4. The van der Waals surface area contributed by atoms with Gasteiger partial charge in [-0.2, -0.15) is 0 Å². The monoisotopic (exact) mass is 381 g/mol. The van der Waals surface area contributed by atoms with Crippen LogP contribution >= 0.6 is 0 Å². The van der Waals surface area contributed by atoms with Gasteiger partial charge < -0.3 is 29.0 Å². The number of furan rings is 1. The molecule has 0 radical (unpaired) electrons. The molecule has 1 aliphatic heterocycles. The minimum Gasteiger partial charge on any atom is -0.454 e. The molecule has 0 spiro atoms. The summed E-state index contributed by atoms with van der Waals surface area (Å²) in [6.07, 6.45) is -2.34. The first-order chi connectivity index (χ1) is 13.6. The number of hydrogen-bond acceptors (Lipinski definition) is 7. The Bertz CT molecular complexity index is 1130. The fourth-order valence-electron chi connectivity index (χ4n) is 3.74. The smallest absolute Gasteiger partial charge is 0.164 e. The molecular formula is C20H19N3O5. The largest absolute Gasteiger partial charge is 0.454 e. The molecule has 0 amide bonds. The second-order valence-electron chi connectivity index (χ2n) is 6.96. The molecule has 1 fully saturated rings. The maximum atomic E-state index is 10.4. The van der Waals surface area contributed by atoms with E-state index in [-0.39, 0.29) is 6.61 Å². The maximum Gasteiger partial charge on any atom is 0.164 e. The van der Waals surface area contributed by atoms with Crippen LogP contribution in [0.4, 0.5) is 0 Å². The lowest BCUT2D eigenvalue weighted by atomic mass is 10.1. The van der Waals surface area contributed by atoms with E-state index in [0.29, 0.717) is 22.9 Å². The molecule has 4 heterocycles. The number of rotatable bonds is 3. The number of nitrogens with zero attached hydrogens (tertiary/aromatic N) is 3. The highest BCUT2D eigenvalue weighted by atomic mass is 16.6. The van der Waals surface area contributed by atoms with Crippen molar-refractivity contribution in [3.8, 4) is 11.5 Å². The summed E-state index contributed by atoms with van der Waals surface area (Å²) in [4.78, 5) is 9.07. The lowest BCUT2D eigenvalue weighted by molar-refractivity contribution is -0.0508. The van der Waals surface area contributed by atoms with E-state index >= 15 is 0 Å². The summed E-state index contributed by atoms with van der Waals surface area (Å²) >= 11 is 0. The van der Waals surface area contributed by atoms with E-state index < -0.39 is 24.5 Å². The molecule has 0 aliphatic carbocycles. The zero-order valence-electron chi connectivity index (χ0n) is 15.1. The lowest BCUT2D eigenvalue weighted by Gasteiger charge is -2.17. The second-order valence-corrected chi connectivity index (χ2v) is 6.96. The molecule has 5 rings (SSSR count). The van der Waals surface area contributed by atoms with Crippen LogP contribution in [0.1, 0.15) is 12.1 Å². The van der Waals surface area contributed by atoms with E-state index in [2.05, 4.69) is 9.97 Å². The van der Waals surface area contributed by atoms with Crippen LogP contribution in [0.5, 0.6) is 0 Å². The molecular weight excluding hydrogens is 362 g/mol. The molecule has 2 unspecified atom stereocenters. The Morgan fingerprint density at radius 2 is 1.93 bits per heavy atom. The quantitative estimate of drug-likeness (QED) is 0.495. The predicted octanol–water partition coefficient (Wildman–Crippen LogP) is 1.76. The van der Waals surface area contributed by atoms with Crippen molar-refractivity contribution in [3.05, 3.63) is 48.4 Å². The van der Waals surface area contributed by atoms with E-state index in [9.17, 15) is 15.3 Å². The van der Waals surface area contributed by atoms with Gasteiger partial charge in [-0.3, -0.25) is 0 Å². The third-order valence-corrected chi connectivity index (χ3v) is 5.13. The highest BCUT2D eigenvalue weighted by Gasteiger charge is 2.43. The first-order valence-corrected chi connectivity index (χ1v) is 9.03. The zero-order valence-corrected chi connectivity index (χ0v) is 15.1. The molecule has 28 heavy (non-hydrogen) atoms. The molecule has 4 atom stereocenters. The average molecular weight is 381 g/mol. The molecule has 8 heteroatoms. The number of aliphatic hydroxyl groups is 3. The van der Waals surface area contributed by atoms with Crippen molar-refractivity contribution in [1.82, 2.24) is 14.5 Å². The van der Waals surface area contributed by atoms with Crippen LogP contribution in [0.25, 0.3) is 33.5 Å².